The van der Waals surface area contributed by atoms with E-state index in [-0.39, 0.29) is 5.97 Å². The lowest BCUT2D eigenvalue weighted by Gasteiger charge is -2.18. The summed E-state index contributed by atoms with van der Waals surface area (Å²) in [7, 11) is 1.97. The minimum Gasteiger partial charge on any atom is -0.463 e. The number of hydrogen-bond donors (Lipinski definition) is 0. The topological polar surface area (TPSA) is 29.5 Å². The zero-order valence-electron chi connectivity index (χ0n) is 11.4. The summed E-state index contributed by atoms with van der Waals surface area (Å²) in [6, 6.07) is 8.23. The molecule has 0 atom stereocenters. The van der Waals surface area contributed by atoms with Gasteiger partial charge in [0.1, 0.15) is 0 Å². The normalized spacial score (nSPS) is 10.4. The number of carbonyl (C=O) groups excluding carboxylic acids is 1. The molecule has 0 radical (unpaired) electrons. The molecule has 0 aliphatic carbocycles. The fourth-order valence-corrected chi connectivity index (χ4v) is 1.76. The van der Waals surface area contributed by atoms with Crippen LogP contribution in [0.4, 0.5) is 0 Å². The van der Waals surface area contributed by atoms with Crippen LogP contribution in [0.3, 0.4) is 0 Å². The summed E-state index contributed by atoms with van der Waals surface area (Å²) in [5.74, 6) is -0.311. The van der Waals surface area contributed by atoms with Crippen LogP contribution in [-0.4, -0.2) is 31.1 Å². The summed E-state index contributed by atoms with van der Waals surface area (Å²) in [5, 5.41) is 0. The van der Waals surface area contributed by atoms with Gasteiger partial charge in [0.15, 0.2) is 0 Å². The summed E-state index contributed by atoms with van der Waals surface area (Å²) in [4.78, 5) is 13.5. The van der Waals surface area contributed by atoms with Crippen molar-refractivity contribution in [3.8, 4) is 0 Å². The number of benzene rings is 1. The number of likely N-dealkylation sites (N-methyl/N-ethyl adjacent to an activating group) is 1. The second kappa shape index (κ2) is 6.97. The van der Waals surface area contributed by atoms with E-state index in [1.54, 1.807) is 6.92 Å². The van der Waals surface area contributed by atoms with Crippen molar-refractivity contribution in [3.63, 3.8) is 0 Å². The summed E-state index contributed by atoms with van der Waals surface area (Å²) in [6.07, 6.45) is 0. The second-order valence-corrected chi connectivity index (χ2v) is 4.42. The predicted molar refractivity (Wildman–Crippen MR) is 73.3 cm³/mol. The number of hydrogen-bond acceptors (Lipinski definition) is 3. The highest BCUT2D eigenvalue weighted by Gasteiger charge is 2.11. The second-order valence-electron chi connectivity index (χ2n) is 4.42. The molecule has 1 aromatic carbocycles. The van der Waals surface area contributed by atoms with Crippen LogP contribution >= 0.6 is 0 Å². The minimum atomic E-state index is -0.311. The van der Waals surface area contributed by atoms with Crippen molar-refractivity contribution in [1.29, 1.82) is 0 Å². The third-order valence-electron chi connectivity index (χ3n) is 2.73. The van der Waals surface area contributed by atoms with Gasteiger partial charge in [-0.05, 0) is 32.0 Å². The molecule has 18 heavy (non-hydrogen) atoms. The molecule has 0 spiro atoms. The zero-order chi connectivity index (χ0) is 13.5. The molecule has 0 amide bonds. The fraction of sp³-hybridized carbons (Fsp3) is 0.400. The summed E-state index contributed by atoms with van der Waals surface area (Å²) in [5.41, 5.74) is 3.01. The van der Waals surface area contributed by atoms with Crippen LogP contribution in [0.5, 0.6) is 0 Å². The maximum Gasteiger partial charge on any atom is 0.334 e. The number of ether oxygens (including phenoxy) is 1. The van der Waals surface area contributed by atoms with Crippen molar-refractivity contribution in [2.45, 2.75) is 20.4 Å². The number of carbonyl (C=O) groups is 1. The quantitative estimate of drug-likeness (QED) is 0.571. The average Bonchev–Trinajstić information content (AvgIpc) is 2.32. The maximum absolute atomic E-state index is 11.4. The Bertz CT molecular complexity index is 426. The Morgan fingerprint density at radius 3 is 2.67 bits per heavy atom. The number of rotatable bonds is 6. The van der Waals surface area contributed by atoms with Gasteiger partial charge in [-0.15, -0.1) is 0 Å². The number of nitrogens with zero attached hydrogens (tertiary/aromatic N) is 1. The Kier molecular flexibility index (Phi) is 5.59. The van der Waals surface area contributed by atoms with E-state index in [0.717, 1.165) is 6.54 Å². The van der Waals surface area contributed by atoms with E-state index < -0.39 is 0 Å². The Balaban J connectivity index is 2.52. The van der Waals surface area contributed by atoms with Gasteiger partial charge in [-0.2, -0.15) is 0 Å². The first-order valence-electron chi connectivity index (χ1n) is 6.12. The van der Waals surface area contributed by atoms with Gasteiger partial charge in [0.25, 0.3) is 0 Å². The molecule has 0 saturated heterocycles. The van der Waals surface area contributed by atoms with E-state index >= 15 is 0 Å². The number of esters is 1. The van der Waals surface area contributed by atoms with E-state index in [9.17, 15) is 4.79 Å². The lowest BCUT2D eigenvalue weighted by Crippen LogP contribution is -2.24. The molecule has 0 aliphatic rings. The van der Waals surface area contributed by atoms with Gasteiger partial charge in [-0.3, -0.25) is 4.90 Å². The van der Waals surface area contributed by atoms with Gasteiger partial charge < -0.3 is 4.74 Å². The first-order valence-corrected chi connectivity index (χ1v) is 6.12. The SMILES string of the molecule is C=C(CN(C)Cc1ccccc1C)C(=O)OCC. The van der Waals surface area contributed by atoms with Gasteiger partial charge in [0, 0.05) is 18.7 Å². The molecule has 98 valence electrons. The highest BCUT2D eigenvalue weighted by Crippen LogP contribution is 2.10. The minimum absolute atomic E-state index is 0.311. The molecule has 1 rings (SSSR count). The predicted octanol–water partition coefficient (Wildman–Crippen LogP) is 2.55. The highest BCUT2D eigenvalue weighted by atomic mass is 16.5. The van der Waals surface area contributed by atoms with E-state index in [4.69, 9.17) is 4.74 Å². The smallest absolute Gasteiger partial charge is 0.334 e. The summed E-state index contributed by atoms with van der Waals surface area (Å²) >= 11 is 0. The van der Waals surface area contributed by atoms with E-state index in [0.29, 0.717) is 18.7 Å². The molecule has 0 unspecified atom stereocenters. The molecule has 0 aliphatic heterocycles. The molecule has 0 saturated carbocycles. The fourth-order valence-electron chi connectivity index (χ4n) is 1.76. The van der Waals surface area contributed by atoms with E-state index in [1.807, 2.05) is 19.2 Å². The molecule has 0 bridgehead atoms. The molecular formula is C15H21NO2. The number of aryl methyl sites for hydroxylation is 1. The Morgan fingerprint density at radius 2 is 2.06 bits per heavy atom. The largest absolute Gasteiger partial charge is 0.463 e. The molecule has 3 nitrogen and oxygen atoms in total. The van der Waals surface area contributed by atoms with Gasteiger partial charge in [0.05, 0.1) is 6.61 Å². The van der Waals surface area contributed by atoms with Crippen LogP contribution in [0.15, 0.2) is 36.4 Å². The van der Waals surface area contributed by atoms with Crippen molar-refractivity contribution in [3.05, 3.63) is 47.5 Å². The van der Waals surface area contributed by atoms with Crippen LogP contribution in [-0.2, 0) is 16.1 Å². The van der Waals surface area contributed by atoms with Crippen LogP contribution in [0.2, 0.25) is 0 Å². The van der Waals surface area contributed by atoms with Gasteiger partial charge in [0.2, 0.25) is 0 Å². The average molecular weight is 247 g/mol. The van der Waals surface area contributed by atoms with Crippen LogP contribution in [0, 0.1) is 6.92 Å². The van der Waals surface area contributed by atoms with E-state index in [1.165, 1.54) is 11.1 Å². The molecule has 0 fully saturated rings. The Hall–Kier alpha value is -1.61. The first-order chi connectivity index (χ1) is 8.54. The molecule has 0 N–H and O–H groups in total. The summed E-state index contributed by atoms with van der Waals surface area (Å²) < 4.78 is 4.91. The lowest BCUT2D eigenvalue weighted by molar-refractivity contribution is -0.138. The monoisotopic (exact) mass is 247 g/mol. The van der Waals surface area contributed by atoms with Crippen LogP contribution in [0.25, 0.3) is 0 Å². The highest BCUT2D eigenvalue weighted by molar-refractivity contribution is 5.88. The van der Waals surface area contributed by atoms with Crippen LogP contribution in [0.1, 0.15) is 18.1 Å². The standard InChI is InChI=1S/C15H21NO2/c1-5-18-15(17)13(3)10-16(4)11-14-9-7-6-8-12(14)2/h6-9H,3,5,10-11H2,1-2,4H3. The Labute approximate surface area is 109 Å². The molecule has 1 aromatic rings. The van der Waals surface area contributed by atoms with E-state index in [2.05, 4.69) is 30.5 Å². The van der Waals surface area contributed by atoms with Gasteiger partial charge >= 0.3 is 5.97 Å². The van der Waals surface area contributed by atoms with Crippen molar-refractivity contribution in [2.24, 2.45) is 0 Å². The lowest BCUT2D eigenvalue weighted by atomic mass is 10.1. The zero-order valence-corrected chi connectivity index (χ0v) is 11.4. The maximum atomic E-state index is 11.4. The van der Waals surface area contributed by atoms with Crippen molar-refractivity contribution in [1.82, 2.24) is 4.90 Å². The molecule has 0 heterocycles. The molecule has 3 heteroatoms. The molecule has 0 aromatic heterocycles. The van der Waals surface area contributed by atoms with Crippen molar-refractivity contribution in [2.75, 3.05) is 20.2 Å². The van der Waals surface area contributed by atoms with Crippen molar-refractivity contribution < 1.29 is 9.53 Å². The van der Waals surface area contributed by atoms with Crippen LogP contribution < -0.4 is 0 Å². The van der Waals surface area contributed by atoms with Gasteiger partial charge in [-0.25, -0.2) is 4.79 Å². The first kappa shape index (κ1) is 14.5. The Morgan fingerprint density at radius 1 is 1.39 bits per heavy atom. The molecular weight excluding hydrogens is 226 g/mol. The third-order valence-corrected chi connectivity index (χ3v) is 2.73. The third kappa shape index (κ3) is 4.34. The van der Waals surface area contributed by atoms with Crippen molar-refractivity contribution >= 4 is 5.97 Å². The summed E-state index contributed by atoms with van der Waals surface area (Å²) in [6.45, 7) is 9.35. The van der Waals surface area contributed by atoms with Gasteiger partial charge in [-0.1, -0.05) is 30.8 Å².